The van der Waals surface area contributed by atoms with E-state index in [1.54, 1.807) is 18.2 Å². The van der Waals surface area contributed by atoms with Crippen molar-refractivity contribution in [2.75, 3.05) is 5.73 Å². The average Bonchev–Trinajstić information content (AvgIpc) is 2.71. The van der Waals surface area contributed by atoms with Crippen LogP contribution in [0.3, 0.4) is 0 Å². The van der Waals surface area contributed by atoms with Crippen LogP contribution < -0.4 is 5.73 Å². The van der Waals surface area contributed by atoms with E-state index in [1.165, 1.54) is 36.4 Å². The van der Waals surface area contributed by atoms with Gasteiger partial charge in [0.15, 0.2) is 0 Å². The number of benzene rings is 3. The summed E-state index contributed by atoms with van der Waals surface area (Å²) in [5, 5.41) is 0. The lowest BCUT2D eigenvalue weighted by Gasteiger charge is -2.07. The minimum atomic E-state index is -4.56. The Morgan fingerprint density at radius 2 is 1.13 bits per heavy atom. The van der Waals surface area contributed by atoms with Crippen molar-refractivity contribution in [1.29, 1.82) is 0 Å². The van der Waals surface area contributed by atoms with Crippen LogP contribution >= 0.6 is 0 Å². The number of anilines is 1. The third kappa shape index (κ3) is 5.89. The van der Waals surface area contributed by atoms with Gasteiger partial charge in [0.2, 0.25) is 0 Å². The molecule has 0 aliphatic heterocycles. The molecule has 9 heteroatoms. The first-order valence-corrected chi connectivity index (χ1v) is 11.8. The molecule has 0 unspecified atom stereocenters. The van der Waals surface area contributed by atoms with E-state index in [9.17, 15) is 25.9 Å². The van der Waals surface area contributed by atoms with Crippen LogP contribution in [0.2, 0.25) is 0 Å². The van der Waals surface area contributed by atoms with Crippen LogP contribution in [0, 0.1) is 0 Å². The first kappa shape index (κ1) is 22.4. The van der Waals surface area contributed by atoms with Gasteiger partial charge < -0.3 is 5.73 Å². The van der Waals surface area contributed by atoms with Crippen LogP contribution in [0.5, 0.6) is 0 Å². The highest BCUT2D eigenvalue weighted by Gasteiger charge is 2.16. The third-order valence-corrected chi connectivity index (χ3v) is 6.16. The normalized spacial score (nSPS) is 12.6. The first-order valence-electron chi connectivity index (χ1n) is 8.94. The Morgan fingerprint density at radius 1 is 0.613 bits per heavy atom. The van der Waals surface area contributed by atoms with E-state index >= 15 is 0 Å². The Labute approximate surface area is 180 Å². The average molecular weight is 458 g/mol. The maximum absolute atomic E-state index is 11.9. The summed E-state index contributed by atoms with van der Waals surface area (Å²) in [6, 6.07) is 17.7. The van der Waals surface area contributed by atoms with Gasteiger partial charge in [-0.15, -0.1) is 0 Å². The van der Waals surface area contributed by atoms with Crippen molar-refractivity contribution in [2.24, 2.45) is 0 Å². The van der Waals surface area contributed by atoms with Crippen molar-refractivity contribution in [3.63, 3.8) is 0 Å². The summed E-state index contributed by atoms with van der Waals surface area (Å²) in [6.07, 6.45) is 6.14. The van der Waals surface area contributed by atoms with Gasteiger partial charge in [0.25, 0.3) is 20.2 Å². The van der Waals surface area contributed by atoms with Crippen molar-refractivity contribution in [2.45, 2.75) is 9.79 Å². The lowest BCUT2D eigenvalue weighted by atomic mass is 10.1. The Balaban J connectivity index is 2.02. The molecule has 0 saturated heterocycles. The van der Waals surface area contributed by atoms with E-state index in [-0.39, 0.29) is 21.7 Å². The second-order valence-corrected chi connectivity index (χ2v) is 9.40. The topological polar surface area (TPSA) is 135 Å². The number of nitrogen functional groups attached to an aromatic ring is 1. The highest BCUT2D eigenvalue weighted by Crippen LogP contribution is 2.25. The monoisotopic (exact) mass is 457 g/mol. The molecule has 0 radical (unpaired) electrons. The third-order valence-electron chi connectivity index (χ3n) is 4.34. The quantitative estimate of drug-likeness (QED) is 0.288. The van der Waals surface area contributed by atoms with Crippen molar-refractivity contribution in [3.05, 3.63) is 89.0 Å². The summed E-state index contributed by atoms with van der Waals surface area (Å²) in [4.78, 5) is -0.762. The van der Waals surface area contributed by atoms with Crippen molar-refractivity contribution >= 4 is 50.2 Å². The van der Waals surface area contributed by atoms with E-state index in [2.05, 4.69) is 0 Å². The summed E-state index contributed by atoms with van der Waals surface area (Å²) in [5.41, 5.74) is 7.42. The van der Waals surface area contributed by atoms with Gasteiger partial charge in [-0.3, -0.25) is 9.11 Å². The molecule has 0 heterocycles. The molecule has 0 aliphatic rings. The van der Waals surface area contributed by atoms with Gasteiger partial charge in [0, 0.05) is 5.69 Å². The molecular weight excluding hydrogens is 438 g/mol. The number of rotatable bonds is 6. The minimum absolute atomic E-state index is 0.103. The van der Waals surface area contributed by atoms with Gasteiger partial charge in [-0.1, -0.05) is 72.8 Å². The zero-order valence-corrected chi connectivity index (χ0v) is 17.7. The Hall–Kier alpha value is -3.24. The molecule has 0 aromatic heterocycles. The highest BCUT2D eigenvalue weighted by molar-refractivity contribution is 7.86. The van der Waals surface area contributed by atoms with Crippen LogP contribution in [0.1, 0.15) is 22.3 Å². The predicted octanol–water partition coefficient (Wildman–Crippen LogP) is 4.10. The summed E-state index contributed by atoms with van der Waals surface area (Å²) in [7, 11) is -9.11. The number of hydrogen-bond acceptors (Lipinski definition) is 5. The molecule has 0 saturated carbocycles. The van der Waals surface area contributed by atoms with E-state index in [4.69, 9.17) is 5.73 Å². The molecule has 7 nitrogen and oxygen atoms in total. The molecule has 0 bridgehead atoms. The van der Waals surface area contributed by atoms with Crippen LogP contribution in [0.25, 0.3) is 24.3 Å². The zero-order chi connectivity index (χ0) is 22.6. The molecule has 4 N–H and O–H groups in total. The fraction of sp³-hybridized carbons (Fsp3) is 0. The fourth-order valence-electron chi connectivity index (χ4n) is 2.86. The van der Waals surface area contributed by atoms with E-state index in [0.717, 1.165) is 11.6 Å². The largest absolute Gasteiger partial charge is 0.399 e. The van der Waals surface area contributed by atoms with Gasteiger partial charge >= 0.3 is 0 Å². The number of nitrogens with two attached hydrogens (primary N) is 1. The molecule has 0 atom stereocenters. The molecule has 0 fully saturated rings. The molecule has 3 aromatic rings. The maximum atomic E-state index is 11.9. The van der Waals surface area contributed by atoms with E-state index in [0.29, 0.717) is 5.56 Å². The summed E-state index contributed by atoms with van der Waals surface area (Å²) in [5.74, 6) is 0. The van der Waals surface area contributed by atoms with E-state index in [1.807, 2.05) is 30.3 Å². The summed E-state index contributed by atoms with van der Waals surface area (Å²) < 4.78 is 66.1. The van der Waals surface area contributed by atoms with Gasteiger partial charge in [0.1, 0.15) is 9.79 Å². The molecule has 0 aliphatic carbocycles. The Kier molecular flexibility index (Phi) is 6.42. The second kappa shape index (κ2) is 8.86. The summed E-state index contributed by atoms with van der Waals surface area (Å²) in [6.45, 7) is 0. The molecule has 0 spiro atoms. The Morgan fingerprint density at radius 3 is 1.71 bits per heavy atom. The van der Waals surface area contributed by atoms with Crippen LogP contribution in [0.15, 0.2) is 76.5 Å². The van der Waals surface area contributed by atoms with Crippen molar-refractivity contribution in [3.8, 4) is 0 Å². The van der Waals surface area contributed by atoms with E-state index < -0.39 is 25.1 Å². The van der Waals surface area contributed by atoms with Gasteiger partial charge in [-0.2, -0.15) is 16.8 Å². The van der Waals surface area contributed by atoms with Gasteiger partial charge in [0.05, 0.1) is 0 Å². The van der Waals surface area contributed by atoms with Crippen LogP contribution in [-0.2, 0) is 20.2 Å². The molecule has 160 valence electrons. The molecule has 31 heavy (non-hydrogen) atoms. The lowest BCUT2D eigenvalue weighted by molar-refractivity contribution is 0.480. The SMILES string of the molecule is Nc1ccc(/C=C/c2ccc(/C=C/c3ccccc3)cc2S(=O)(=O)O)c(S(=O)(=O)O)c1. The van der Waals surface area contributed by atoms with Crippen molar-refractivity contribution in [1.82, 2.24) is 0 Å². The first-order chi connectivity index (χ1) is 14.5. The smallest absolute Gasteiger partial charge is 0.295 e. The number of hydrogen-bond donors (Lipinski definition) is 3. The fourth-order valence-corrected chi connectivity index (χ4v) is 4.30. The van der Waals surface area contributed by atoms with Gasteiger partial charge in [-0.05, 0) is 40.5 Å². The Bertz CT molecular complexity index is 1380. The standard InChI is InChI=1S/C22H19NO6S2/c23-20-13-12-19(22(15-20)31(27,28)29)11-10-18-9-8-17(14-21(18)30(24,25)26)7-6-16-4-2-1-3-5-16/h1-15H,23H2,(H,24,25,26)(H,27,28,29)/b7-6+,11-10+. The molecule has 3 rings (SSSR count). The minimum Gasteiger partial charge on any atom is -0.399 e. The molecule has 0 amide bonds. The lowest BCUT2D eigenvalue weighted by Crippen LogP contribution is -2.03. The maximum Gasteiger partial charge on any atom is 0.295 e. The van der Waals surface area contributed by atoms with Gasteiger partial charge in [-0.25, -0.2) is 0 Å². The molecular formula is C22H19NO6S2. The predicted molar refractivity (Wildman–Crippen MR) is 121 cm³/mol. The highest BCUT2D eigenvalue weighted by atomic mass is 32.2. The van der Waals surface area contributed by atoms with Crippen LogP contribution in [0.4, 0.5) is 5.69 Å². The molecule has 3 aromatic carbocycles. The van der Waals surface area contributed by atoms with Crippen LogP contribution in [-0.4, -0.2) is 25.9 Å². The second-order valence-electron chi connectivity index (χ2n) is 6.62. The summed E-state index contributed by atoms with van der Waals surface area (Å²) >= 11 is 0. The zero-order valence-electron chi connectivity index (χ0n) is 16.1. The van der Waals surface area contributed by atoms with Crippen molar-refractivity contribution < 1.29 is 25.9 Å².